The van der Waals surface area contributed by atoms with Gasteiger partial charge in [-0.05, 0) is 0 Å². The molecule has 5 nitrogen and oxygen atoms in total. The van der Waals surface area contributed by atoms with Crippen molar-refractivity contribution in [2.45, 2.75) is 0 Å². The minimum Gasteiger partial charge on any atom is -0.258 e. The van der Waals surface area contributed by atoms with Gasteiger partial charge < -0.3 is 0 Å². The summed E-state index contributed by atoms with van der Waals surface area (Å²) in [6, 6.07) is 7.93. The third-order valence-electron chi connectivity index (χ3n) is 0.967. The number of hydrogen-bond donors (Lipinski definition) is 0. The fraction of sp³-hybridized carbons (Fsp3) is 0. The van der Waals surface area contributed by atoms with Crippen LogP contribution in [0.5, 0.6) is 0 Å². The van der Waals surface area contributed by atoms with Crippen LogP contribution in [0.15, 0.2) is 30.3 Å². The molecule has 0 heterocycles. The zero-order valence-corrected chi connectivity index (χ0v) is 10.6. The Morgan fingerprint density at radius 1 is 1.14 bits per heavy atom. The first-order valence-corrected chi connectivity index (χ1v) is 8.31. The molecule has 0 radical (unpaired) electrons. The molecule has 0 spiro atoms. The van der Waals surface area contributed by atoms with Crippen LogP contribution in [0, 0.1) is 10.1 Å². The maximum atomic E-state index is 10.0. The van der Waals surface area contributed by atoms with Crippen molar-refractivity contribution in [2.24, 2.45) is 0 Å². The smallest absolute Gasteiger partial charge is 0.258 e. The zero-order chi connectivity index (χ0) is 11.2. The van der Waals surface area contributed by atoms with Crippen molar-refractivity contribution in [3.63, 3.8) is 0 Å². The number of para-hydroxylation sites is 1. The van der Waals surface area contributed by atoms with E-state index in [0.717, 1.165) is 0 Å². The Labute approximate surface area is 95.6 Å². The fourth-order valence-electron chi connectivity index (χ4n) is 0.550. The van der Waals surface area contributed by atoms with E-state index in [1.54, 1.807) is 18.2 Å². The van der Waals surface area contributed by atoms with E-state index in [4.69, 9.17) is 0 Å². The van der Waals surface area contributed by atoms with Crippen molar-refractivity contribution in [1.29, 1.82) is 0 Å². The monoisotopic (exact) mass is 345 g/mol. The van der Waals surface area contributed by atoms with Gasteiger partial charge in [0.15, 0.2) is 0 Å². The molecule has 0 aromatic heterocycles. The normalized spacial score (nSPS) is 9.86. The van der Waals surface area contributed by atoms with E-state index in [9.17, 15) is 18.5 Å². The molecule has 1 rings (SSSR count). The molecular formula is C6H5Br2NO4S. The van der Waals surface area contributed by atoms with Crippen LogP contribution in [-0.4, -0.2) is 13.3 Å². The number of rotatable bonds is 1. The highest BCUT2D eigenvalue weighted by Crippen LogP contribution is 2.07. The lowest BCUT2D eigenvalue weighted by Crippen LogP contribution is -1.84. The van der Waals surface area contributed by atoms with Gasteiger partial charge in [0.25, 0.3) is 12.4 Å². The quantitative estimate of drug-likeness (QED) is 0.445. The van der Waals surface area contributed by atoms with Crippen molar-refractivity contribution in [3.05, 3.63) is 40.4 Å². The van der Waals surface area contributed by atoms with Gasteiger partial charge in [0, 0.05) is 12.1 Å². The van der Waals surface area contributed by atoms with Crippen molar-refractivity contribution in [3.8, 4) is 0 Å². The van der Waals surface area contributed by atoms with Crippen LogP contribution in [-0.2, 0) is 6.70 Å². The van der Waals surface area contributed by atoms with Gasteiger partial charge in [-0.15, -0.1) is 0 Å². The predicted molar refractivity (Wildman–Crippen MR) is 59.9 cm³/mol. The van der Waals surface area contributed by atoms with Crippen LogP contribution >= 0.6 is 29.6 Å². The van der Waals surface area contributed by atoms with Crippen molar-refractivity contribution in [2.75, 3.05) is 0 Å². The Hall–Kier alpha value is -0.470. The summed E-state index contributed by atoms with van der Waals surface area (Å²) < 4.78 is 18.9. The molecule has 0 aliphatic rings. The highest BCUT2D eigenvalue weighted by Gasteiger charge is 1.98. The Bertz CT molecular complexity index is 384. The standard InChI is InChI=1S/C6H5NO2.Br2O2S/c8-7(9)6-4-2-1-3-5-6;1-5(2,3)4/h1-5H;. The average molecular weight is 347 g/mol. The van der Waals surface area contributed by atoms with E-state index < -0.39 is 11.6 Å². The number of non-ortho nitro benzene ring substituents is 1. The number of nitro groups is 1. The lowest BCUT2D eigenvalue weighted by Gasteiger charge is -1.85. The van der Waals surface area contributed by atoms with Gasteiger partial charge in [-0.3, -0.25) is 10.1 Å². The first kappa shape index (κ1) is 13.5. The second kappa shape index (κ2) is 6.10. The highest BCUT2D eigenvalue weighted by molar-refractivity contribution is 9.79. The third kappa shape index (κ3) is 9.62. The summed E-state index contributed by atoms with van der Waals surface area (Å²) in [6.45, 7) is -3.04. The van der Waals surface area contributed by atoms with Gasteiger partial charge in [0.1, 0.15) is 0 Å². The van der Waals surface area contributed by atoms with Gasteiger partial charge in [-0.2, -0.15) is 0 Å². The average Bonchev–Trinajstić information content (AvgIpc) is 2.03. The lowest BCUT2D eigenvalue weighted by atomic mass is 10.3. The number of hydrogen-bond acceptors (Lipinski definition) is 4. The molecule has 0 unspecified atom stereocenters. The summed E-state index contributed by atoms with van der Waals surface area (Å²) in [4.78, 5) is 9.59. The minimum absolute atomic E-state index is 0.137. The van der Waals surface area contributed by atoms with Crippen molar-refractivity contribution >= 4 is 42.0 Å². The summed E-state index contributed by atoms with van der Waals surface area (Å²) in [5.74, 6) is 0. The Balaban J connectivity index is 0.000000292. The fourth-order valence-corrected chi connectivity index (χ4v) is 0.550. The summed E-state index contributed by atoms with van der Waals surface area (Å²) >= 11 is 4.53. The van der Waals surface area contributed by atoms with E-state index in [1.165, 1.54) is 12.1 Å². The molecule has 14 heavy (non-hydrogen) atoms. The molecule has 0 atom stereocenters. The molecule has 0 saturated heterocycles. The molecule has 0 saturated carbocycles. The van der Waals surface area contributed by atoms with Crippen LogP contribution in [0.25, 0.3) is 0 Å². The highest BCUT2D eigenvalue weighted by atomic mass is 79.9. The molecule has 0 bridgehead atoms. The number of benzene rings is 1. The largest absolute Gasteiger partial charge is 0.269 e. The maximum Gasteiger partial charge on any atom is 0.269 e. The second-order valence-corrected chi connectivity index (χ2v) is 10.4. The van der Waals surface area contributed by atoms with Gasteiger partial charge in [0.05, 0.1) is 34.5 Å². The topological polar surface area (TPSA) is 77.3 Å². The van der Waals surface area contributed by atoms with Crippen molar-refractivity contribution < 1.29 is 13.3 Å². The predicted octanol–water partition coefficient (Wildman–Crippen LogP) is 2.62. The molecule has 78 valence electrons. The molecule has 0 aliphatic carbocycles. The number of nitro benzene ring substituents is 1. The zero-order valence-electron chi connectivity index (χ0n) is 6.63. The van der Waals surface area contributed by atoms with E-state index in [-0.39, 0.29) is 5.69 Å². The van der Waals surface area contributed by atoms with E-state index in [2.05, 4.69) is 29.6 Å². The van der Waals surface area contributed by atoms with Crippen molar-refractivity contribution in [1.82, 2.24) is 0 Å². The van der Waals surface area contributed by atoms with E-state index >= 15 is 0 Å². The summed E-state index contributed by atoms with van der Waals surface area (Å²) in [5.41, 5.74) is 0.137. The number of nitrogens with zero attached hydrogens (tertiary/aromatic N) is 1. The Morgan fingerprint density at radius 3 is 1.71 bits per heavy atom. The third-order valence-corrected chi connectivity index (χ3v) is 0.967. The molecule has 0 fully saturated rings. The second-order valence-electron chi connectivity index (χ2n) is 1.97. The molecular weight excluding hydrogens is 342 g/mol. The molecule has 1 aromatic rings. The van der Waals surface area contributed by atoms with Gasteiger partial charge in [-0.1, -0.05) is 18.2 Å². The molecule has 1 aromatic carbocycles. The number of halogens is 2. The van der Waals surface area contributed by atoms with E-state index in [0.29, 0.717) is 0 Å². The molecule has 0 N–H and O–H groups in total. The summed E-state index contributed by atoms with van der Waals surface area (Å²) in [5, 5.41) is 10.0. The van der Waals surface area contributed by atoms with Gasteiger partial charge in [-0.25, -0.2) is 8.42 Å². The minimum atomic E-state index is -3.04. The SMILES string of the molecule is O=S(=O)(Br)Br.O=[N+]([O-])c1ccccc1. The Kier molecular flexibility index (Phi) is 5.89. The first-order valence-electron chi connectivity index (χ1n) is 3.14. The van der Waals surface area contributed by atoms with Crippen LogP contribution in [0.1, 0.15) is 0 Å². The summed E-state index contributed by atoms with van der Waals surface area (Å²) in [7, 11) is 0. The van der Waals surface area contributed by atoms with Gasteiger partial charge >= 0.3 is 0 Å². The van der Waals surface area contributed by atoms with Crippen LogP contribution < -0.4 is 0 Å². The molecule has 0 aliphatic heterocycles. The van der Waals surface area contributed by atoms with Gasteiger partial charge in [0.2, 0.25) is 0 Å². The first-order chi connectivity index (χ1) is 6.30. The maximum absolute atomic E-state index is 10.0. The van der Waals surface area contributed by atoms with Crippen LogP contribution in [0.3, 0.4) is 0 Å². The van der Waals surface area contributed by atoms with E-state index in [1.807, 2.05) is 0 Å². The Morgan fingerprint density at radius 2 is 1.50 bits per heavy atom. The van der Waals surface area contributed by atoms with Crippen LogP contribution in [0.4, 0.5) is 5.69 Å². The van der Waals surface area contributed by atoms with Crippen LogP contribution in [0.2, 0.25) is 0 Å². The summed E-state index contributed by atoms with van der Waals surface area (Å²) in [6.07, 6.45) is 0. The molecule has 8 heteroatoms. The molecule has 0 amide bonds. The lowest BCUT2D eigenvalue weighted by molar-refractivity contribution is -0.384.